The smallest absolute Gasteiger partial charge is 0.133 e. The molecule has 5 aromatic carbocycles. The summed E-state index contributed by atoms with van der Waals surface area (Å²) in [6, 6.07) is 43.7. The van der Waals surface area contributed by atoms with Crippen LogP contribution in [0.4, 0.5) is 0 Å². The van der Waals surface area contributed by atoms with Gasteiger partial charge in [0.05, 0.1) is 5.70 Å². The Hall–Kier alpha value is -5.93. The van der Waals surface area contributed by atoms with E-state index >= 15 is 0 Å². The van der Waals surface area contributed by atoms with Crippen LogP contribution >= 0.6 is 0 Å². The molecule has 0 atom stereocenters. The first-order chi connectivity index (χ1) is 24.2. The Bertz CT molecular complexity index is 2270. The Morgan fingerprint density at radius 2 is 1.45 bits per heavy atom. The van der Waals surface area contributed by atoms with E-state index in [-0.39, 0.29) is 0 Å². The van der Waals surface area contributed by atoms with Crippen molar-refractivity contribution in [2.24, 2.45) is 4.99 Å². The summed E-state index contributed by atoms with van der Waals surface area (Å²) < 4.78 is 0. The van der Waals surface area contributed by atoms with Crippen LogP contribution in [0.5, 0.6) is 0 Å². The van der Waals surface area contributed by atoms with Crippen LogP contribution in [0.1, 0.15) is 58.3 Å². The predicted molar refractivity (Wildman–Crippen MR) is 209 cm³/mol. The van der Waals surface area contributed by atoms with Crippen LogP contribution in [-0.4, -0.2) is 17.9 Å². The van der Waals surface area contributed by atoms with Crippen LogP contribution in [0.25, 0.3) is 50.9 Å². The minimum absolute atomic E-state index is 0.826. The van der Waals surface area contributed by atoms with Crippen LogP contribution in [0.15, 0.2) is 151 Å². The zero-order chi connectivity index (χ0) is 33.0. The molecular formula is C46H39N3. The fourth-order valence-corrected chi connectivity index (χ4v) is 7.00. The molecule has 0 fully saturated rings. The second-order valence-corrected chi connectivity index (χ2v) is 12.8. The largest absolute Gasteiger partial charge is 0.373 e. The van der Waals surface area contributed by atoms with Gasteiger partial charge in [-0.3, -0.25) is 0 Å². The molecule has 3 heteroatoms. The zero-order valence-corrected chi connectivity index (χ0v) is 27.8. The number of fused-ring (bicyclic) bond motifs is 2. The van der Waals surface area contributed by atoms with Crippen molar-refractivity contribution in [3.8, 4) is 11.1 Å². The quantitative estimate of drug-likeness (QED) is 0.102. The van der Waals surface area contributed by atoms with Gasteiger partial charge in [0, 0.05) is 30.1 Å². The fourth-order valence-electron chi connectivity index (χ4n) is 7.00. The number of hydrogen-bond acceptors (Lipinski definition) is 1. The third kappa shape index (κ3) is 6.48. The van der Waals surface area contributed by atoms with Gasteiger partial charge >= 0.3 is 0 Å². The van der Waals surface area contributed by atoms with Gasteiger partial charge in [-0.15, -0.1) is 0 Å². The second-order valence-electron chi connectivity index (χ2n) is 12.8. The van der Waals surface area contributed by atoms with Gasteiger partial charge in [-0.25, -0.2) is 4.99 Å². The third-order valence-corrected chi connectivity index (χ3v) is 9.74. The van der Waals surface area contributed by atoms with Gasteiger partial charge in [0.25, 0.3) is 0 Å². The number of rotatable bonds is 7. The minimum atomic E-state index is 0.826. The molecule has 0 radical (unpaired) electrons. The lowest BCUT2D eigenvalue weighted by Crippen LogP contribution is -2.19. The molecule has 0 spiro atoms. The van der Waals surface area contributed by atoms with Crippen molar-refractivity contribution in [3.05, 3.63) is 185 Å². The molecule has 3 nitrogen and oxygen atoms in total. The van der Waals surface area contributed by atoms with Crippen LogP contribution in [0.2, 0.25) is 0 Å². The number of amidine groups is 1. The number of H-pyrrole nitrogens is 1. The second kappa shape index (κ2) is 13.7. The summed E-state index contributed by atoms with van der Waals surface area (Å²) in [6.45, 7) is 0. The van der Waals surface area contributed by atoms with E-state index in [1.807, 2.05) is 13.2 Å². The molecule has 0 bridgehead atoms. The molecule has 1 aromatic heterocycles. The Morgan fingerprint density at radius 3 is 2.24 bits per heavy atom. The van der Waals surface area contributed by atoms with Gasteiger partial charge in [0.15, 0.2) is 0 Å². The molecule has 1 heterocycles. The van der Waals surface area contributed by atoms with Crippen LogP contribution in [0, 0.1) is 0 Å². The summed E-state index contributed by atoms with van der Waals surface area (Å²) in [6.07, 6.45) is 17.5. The lowest BCUT2D eigenvalue weighted by molar-refractivity contribution is 0.986. The predicted octanol–water partition coefficient (Wildman–Crippen LogP) is 11.2. The summed E-state index contributed by atoms with van der Waals surface area (Å²) in [5, 5.41) is 5.83. The van der Waals surface area contributed by atoms with Gasteiger partial charge in [0.1, 0.15) is 5.84 Å². The van der Waals surface area contributed by atoms with Gasteiger partial charge in [-0.1, -0.05) is 127 Å². The maximum absolute atomic E-state index is 5.31. The molecule has 0 saturated carbocycles. The average Bonchev–Trinajstić information content (AvgIpc) is 3.72. The fraction of sp³-hybridized carbons (Fsp3) is 0.109. The normalized spacial score (nSPS) is 14.7. The molecule has 8 rings (SSSR count). The van der Waals surface area contributed by atoms with E-state index in [1.165, 1.54) is 55.4 Å². The molecule has 49 heavy (non-hydrogen) atoms. The number of aromatic amines is 1. The van der Waals surface area contributed by atoms with Crippen molar-refractivity contribution in [2.75, 3.05) is 7.05 Å². The zero-order valence-electron chi connectivity index (χ0n) is 27.8. The molecule has 2 N–H and O–H groups in total. The highest BCUT2D eigenvalue weighted by Crippen LogP contribution is 2.33. The summed E-state index contributed by atoms with van der Waals surface area (Å²) in [5.41, 5.74) is 14.5. The monoisotopic (exact) mass is 633 g/mol. The molecule has 0 unspecified atom stereocenters. The lowest BCUT2D eigenvalue weighted by atomic mass is 9.91. The maximum atomic E-state index is 5.31. The number of aryl methyl sites for hydroxylation is 1. The van der Waals surface area contributed by atoms with Crippen molar-refractivity contribution in [1.82, 2.24) is 10.3 Å². The summed E-state index contributed by atoms with van der Waals surface area (Å²) in [7, 11) is 1.95. The molecule has 0 amide bonds. The van der Waals surface area contributed by atoms with Crippen LogP contribution < -0.4 is 5.32 Å². The van der Waals surface area contributed by atoms with E-state index in [0.29, 0.717) is 0 Å². The van der Waals surface area contributed by atoms with Crippen LogP contribution in [0.3, 0.4) is 0 Å². The first kappa shape index (κ1) is 30.4. The minimum Gasteiger partial charge on any atom is -0.373 e. The first-order valence-electron chi connectivity index (χ1n) is 17.2. The van der Waals surface area contributed by atoms with Gasteiger partial charge in [-0.2, -0.15) is 0 Å². The number of aromatic nitrogens is 1. The summed E-state index contributed by atoms with van der Waals surface area (Å²) in [4.78, 5) is 8.65. The van der Waals surface area contributed by atoms with Crippen molar-refractivity contribution >= 4 is 45.6 Å². The topological polar surface area (TPSA) is 40.2 Å². The number of aliphatic imine (C=N–C) groups is 1. The van der Waals surface area contributed by atoms with E-state index in [2.05, 4.69) is 162 Å². The molecule has 0 saturated heterocycles. The summed E-state index contributed by atoms with van der Waals surface area (Å²) >= 11 is 0. The number of nitrogens with one attached hydrogen (secondary N) is 2. The van der Waals surface area contributed by atoms with Crippen molar-refractivity contribution in [1.29, 1.82) is 0 Å². The van der Waals surface area contributed by atoms with Crippen LogP contribution in [-0.2, 0) is 6.42 Å². The number of hydrogen-bond donors (Lipinski definition) is 2. The van der Waals surface area contributed by atoms with Crippen molar-refractivity contribution in [2.45, 2.75) is 25.7 Å². The van der Waals surface area contributed by atoms with Crippen molar-refractivity contribution < 1.29 is 0 Å². The molecule has 6 aromatic rings. The third-order valence-electron chi connectivity index (χ3n) is 9.74. The standard InChI is InChI=1S/C46H39N3/c1-47-46(39-26-19-35(20-27-39)41-28-21-32-8-2-3-10-40(32)30-41)49-45(31-42-12-6-11-36-9-4-5-13-43(36)42)38-24-17-34(18-25-38)33-15-22-37(23-16-33)44-14-7-29-48-44/h3-7,9-15,17-22,24-31,48H,2,8,16,23H2,1H3,(H,47,49). The van der Waals surface area contributed by atoms with Gasteiger partial charge in [0.2, 0.25) is 0 Å². The highest BCUT2D eigenvalue weighted by atomic mass is 15.0. The highest BCUT2D eigenvalue weighted by Gasteiger charge is 2.13. The average molecular weight is 634 g/mol. The highest BCUT2D eigenvalue weighted by molar-refractivity contribution is 6.04. The molecule has 0 aliphatic heterocycles. The van der Waals surface area contributed by atoms with Crippen molar-refractivity contribution in [3.63, 3.8) is 0 Å². The van der Waals surface area contributed by atoms with E-state index in [0.717, 1.165) is 53.9 Å². The SMILES string of the molecule is CN/C(=N\C(=Cc1cccc2ccccc12)c1ccc(C2=CC=C(c3ccc[nH]3)CC2)cc1)c1ccc(-c2ccc3c(c2)C=CCC3)cc1. The Kier molecular flexibility index (Phi) is 8.48. The van der Waals surface area contributed by atoms with Gasteiger partial charge < -0.3 is 10.3 Å². The Balaban J connectivity index is 1.14. The number of nitrogens with zero attached hydrogens (tertiary/aromatic N) is 1. The molecule has 2 aliphatic carbocycles. The first-order valence-corrected chi connectivity index (χ1v) is 17.2. The van der Waals surface area contributed by atoms with E-state index < -0.39 is 0 Å². The lowest BCUT2D eigenvalue weighted by Gasteiger charge is -2.15. The van der Waals surface area contributed by atoms with E-state index in [4.69, 9.17) is 4.99 Å². The number of benzene rings is 5. The maximum Gasteiger partial charge on any atom is 0.133 e. The molecule has 238 valence electrons. The van der Waals surface area contributed by atoms with Gasteiger partial charge in [-0.05, 0) is 105 Å². The number of allylic oxidation sites excluding steroid dienone is 5. The van der Waals surface area contributed by atoms with E-state index in [9.17, 15) is 0 Å². The van der Waals surface area contributed by atoms with E-state index in [1.54, 1.807) is 0 Å². The summed E-state index contributed by atoms with van der Waals surface area (Å²) in [5.74, 6) is 0.826. The Labute approximate surface area is 288 Å². The Morgan fingerprint density at radius 1 is 0.694 bits per heavy atom. The molecule has 2 aliphatic rings. The molecular weight excluding hydrogens is 595 g/mol.